The van der Waals surface area contributed by atoms with Gasteiger partial charge in [-0.2, -0.15) is 5.26 Å². The van der Waals surface area contributed by atoms with Gasteiger partial charge in [0.2, 0.25) is 15.9 Å². The standard InChI is InChI=1S/C23H21N3O4S/c24-14-13-17-5-9-20(10-6-17)30-16-19-3-1-2-4-22(19)26-23(27)15-18-7-11-21(12-8-18)31(25,28)29/h1-12H,13,15-16H2,(H,26,27)(H2,25,28,29). The number of rotatable bonds is 8. The SMILES string of the molecule is N#CCc1ccc(OCc2ccccc2NC(=O)Cc2ccc(S(N)(=O)=O)cc2)cc1. The van der Waals surface area contributed by atoms with Gasteiger partial charge in [-0.15, -0.1) is 0 Å². The Balaban J connectivity index is 1.62. The van der Waals surface area contributed by atoms with Crippen molar-refractivity contribution in [3.63, 3.8) is 0 Å². The zero-order valence-corrected chi connectivity index (χ0v) is 17.4. The molecule has 0 aromatic heterocycles. The summed E-state index contributed by atoms with van der Waals surface area (Å²) in [5.74, 6) is 0.425. The second-order valence-electron chi connectivity index (χ2n) is 6.84. The fourth-order valence-electron chi connectivity index (χ4n) is 2.90. The predicted octanol–water partition coefficient (Wildman–Crippen LogP) is 3.16. The quantitative estimate of drug-likeness (QED) is 0.563. The molecule has 158 valence electrons. The molecule has 0 heterocycles. The minimum absolute atomic E-state index is 0.000177. The Bertz CT molecular complexity index is 1200. The van der Waals surface area contributed by atoms with Crippen LogP contribution in [-0.2, 0) is 34.3 Å². The van der Waals surface area contributed by atoms with Crippen molar-refractivity contribution in [3.05, 3.63) is 89.5 Å². The van der Waals surface area contributed by atoms with E-state index in [1.165, 1.54) is 12.1 Å². The third-order valence-electron chi connectivity index (χ3n) is 4.51. The summed E-state index contributed by atoms with van der Waals surface area (Å²) in [7, 11) is -3.77. The van der Waals surface area contributed by atoms with Crippen molar-refractivity contribution in [1.82, 2.24) is 0 Å². The topological polar surface area (TPSA) is 122 Å². The molecular weight excluding hydrogens is 414 g/mol. The van der Waals surface area contributed by atoms with Gasteiger partial charge >= 0.3 is 0 Å². The smallest absolute Gasteiger partial charge is 0.238 e. The Hall–Kier alpha value is -3.67. The number of carbonyl (C=O) groups excluding carboxylic acids is 1. The molecule has 0 radical (unpaired) electrons. The second kappa shape index (κ2) is 9.89. The number of sulfonamides is 1. The highest BCUT2D eigenvalue weighted by molar-refractivity contribution is 7.89. The Labute approximate surface area is 181 Å². The summed E-state index contributed by atoms with van der Waals surface area (Å²) in [6.45, 7) is 0.261. The molecule has 3 aromatic rings. The van der Waals surface area contributed by atoms with E-state index in [0.29, 0.717) is 23.4 Å². The van der Waals surface area contributed by atoms with Crippen molar-refractivity contribution in [2.75, 3.05) is 5.32 Å². The first-order chi connectivity index (χ1) is 14.8. The highest BCUT2D eigenvalue weighted by Gasteiger charge is 2.11. The van der Waals surface area contributed by atoms with Gasteiger partial charge in [-0.05, 0) is 41.5 Å². The first kappa shape index (κ1) is 22.0. The van der Waals surface area contributed by atoms with Gasteiger partial charge in [-0.1, -0.05) is 42.5 Å². The lowest BCUT2D eigenvalue weighted by Crippen LogP contribution is -2.16. The van der Waals surface area contributed by atoms with Crippen LogP contribution >= 0.6 is 0 Å². The molecule has 0 fully saturated rings. The molecule has 0 bridgehead atoms. The molecule has 31 heavy (non-hydrogen) atoms. The van der Waals surface area contributed by atoms with E-state index >= 15 is 0 Å². The first-order valence-corrected chi connectivity index (χ1v) is 11.0. The van der Waals surface area contributed by atoms with Gasteiger partial charge < -0.3 is 10.1 Å². The third-order valence-corrected chi connectivity index (χ3v) is 5.44. The van der Waals surface area contributed by atoms with Crippen LogP contribution in [0.1, 0.15) is 16.7 Å². The molecule has 8 heteroatoms. The summed E-state index contributed by atoms with van der Waals surface area (Å²) in [6.07, 6.45) is 0.431. The number of hydrogen-bond donors (Lipinski definition) is 2. The maximum Gasteiger partial charge on any atom is 0.238 e. The molecule has 0 atom stereocenters. The number of amides is 1. The van der Waals surface area contributed by atoms with Crippen LogP contribution in [0.15, 0.2) is 77.7 Å². The monoisotopic (exact) mass is 435 g/mol. The Morgan fingerprint density at radius 1 is 0.968 bits per heavy atom. The van der Waals surface area contributed by atoms with Crippen molar-refractivity contribution in [2.45, 2.75) is 24.3 Å². The minimum atomic E-state index is -3.77. The van der Waals surface area contributed by atoms with Crippen LogP contribution in [0.4, 0.5) is 5.69 Å². The number of carbonyl (C=O) groups is 1. The number of nitrogens with zero attached hydrogens (tertiary/aromatic N) is 1. The number of ether oxygens (including phenoxy) is 1. The van der Waals surface area contributed by atoms with Gasteiger partial charge in [-0.3, -0.25) is 4.79 Å². The Morgan fingerprint density at radius 3 is 2.26 bits per heavy atom. The molecule has 3 rings (SSSR count). The van der Waals surface area contributed by atoms with E-state index in [1.807, 2.05) is 30.3 Å². The van der Waals surface area contributed by atoms with Crippen LogP contribution in [0, 0.1) is 11.3 Å². The number of nitriles is 1. The number of hydrogen-bond acceptors (Lipinski definition) is 5. The summed E-state index contributed by atoms with van der Waals surface area (Å²) in [4.78, 5) is 12.5. The maximum absolute atomic E-state index is 12.5. The third kappa shape index (κ3) is 6.40. The van der Waals surface area contributed by atoms with Gasteiger partial charge in [-0.25, -0.2) is 13.6 Å². The van der Waals surface area contributed by atoms with Gasteiger partial charge in [0, 0.05) is 11.3 Å². The van der Waals surface area contributed by atoms with E-state index in [1.54, 1.807) is 30.3 Å². The number of primary sulfonamides is 1. The average Bonchev–Trinajstić information content (AvgIpc) is 2.74. The summed E-state index contributed by atoms with van der Waals surface area (Å²) in [5.41, 5.74) is 3.02. The van der Waals surface area contributed by atoms with Crippen LogP contribution in [0.2, 0.25) is 0 Å². The van der Waals surface area contributed by atoms with E-state index in [4.69, 9.17) is 15.1 Å². The first-order valence-electron chi connectivity index (χ1n) is 9.43. The Kier molecular flexibility index (Phi) is 7.03. The lowest BCUT2D eigenvalue weighted by molar-refractivity contribution is -0.115. The number of benzene rings is 3. The largest absolute Gasteiger partial charge is 0.489 e. The fourth-order valence-corrected chi connectivity index (χ4v) is 3.42. The molecule has 7 nitrogen and oxygen atoms in total. The van der Waals surface area contributed by atoms with Crippen molar-refractivity contribution in [1.29, 1.82) is 5.26 Å². The number of anilines is 1. The van der Waals surface area contributed by atoms with Crippen molar-refractivity contribution in [3.8, 4) is 11.8 Å². The zero-order valence-electron chi connectivity index (χ0n) is 16.6. The van der Waals surface area contributed by atoms with Gasteiger partial charge in [0.1, 0.15) is 12.4 Å². The second-order valence-corrected chi connectivity index (χ2v) is 8.40. The summed E-state index contributed by atoms with van der Waals surface area (Å²) in [6, 6.07) is 22.6. The predicted molar refractivity (Wildman–Crippen MR) is 117 cm³/mol. The van der Waals surface area contributed by atoms with Crippen LogP contribution in [0.5, 0.6) is 5.75 Å². The highest BCUT2D eigenvalue weighted by Crippen LogP contribution is 2.20. The van der Waals surface area contributed by atoms with Crippen LogP contribution in [0.3, 0.4) is 0 Å². The van der Waals surface area contributed by atoms with Gasteiger partial charge in [0.25, 0.3) is 0 Å². The van der Waals surface area contributed by atoms with Crippen molar-refractivity contribution in [2.24, 2.45) is 5.14 Å². The average molecular weight is 436 g/mol. The maximum atomic E-state index is 12.5. The van der Waals surface area contributed by atoms with E-state index in [9.17, 15) is 13.2 Å². The molecule has 1 amide bonds. The fraction of sp³-hybridized carbons (Fsp3) is 0.130. The van der Waals surface area contributed by atoms with E-state index in [-0.39, 0.29) is 23.8 Å². The lowest BCUT2D eigenvalue weighted by Gasteiger charge is -2.13. The summed E-state index contributed by atoms with van der Waals surface area (Å²) in [5, 5.41) is 16.7. The summed E-state index contributed by atoms with van der Waals surface area (Å²) < 4.78 is 28.5. The molecule has 0 saturated carbocycles. The minimum Gasteiger partial charge on any atom is -0.489 e. The summed E-state index contributed by atoms with van der Waals surface area (Å²) >= 11 is 0. The van der Waals surface area contributed by atoms with Crippen LogP contribution in [-0.4, -0.2) is 14.3 Å². The van der Waals surface area contributed by atoms with E-state index < -0.39 is 10.0 Å². The molecule has 0 unspecified atom stereocenters. The van der Waals surface area contributed by atoms with Crippen molar-refractivity contribution < 1.29 is 17.9 Å². The number of para-hydroxylation sites is 1. The molecule has 0 saturated heterocycles. The molecule has 0 aliphatic carbocycles. The molecule has 0 aliphatic rings. The molecule has 3 N–H and O–H groups in total. The molecular formula is C23H21N3O4S. The van der Waals surface area contributed by atoms with E-state index in [2.05, 4.69) is 11.4 Å². The zero-order chi connectivity index (χ0) is 22.3. The lowest BCUT2D eigenvalue weighted by atomic mass is 10.1. The van der Waals surface area contributed by atoms with Crippen LogP contribution in [0.25, 0.3) is 0 Å². The van der Waals surface area contributed by atoms with Crippen molar-refractivity contribution >= 4 is 21.6 Å². The van der Waals surface area contributed by atoms with Gasteiger partial charge in [0.15, 0.2) is 0 Å². The number of nitrogens with two attached hydrogens (primary N) is 1. The van der Waals surface area contributed by atoms with E-state index in [0.717, 1.165) is 11.1 Å². The highest BCUT2D eigenvalue weighted by atomic mass is 32.2. The molecule has 0 aliphatic heterocycles. The Morgan fingerprint density at radius 2 is 1.61 bits per heavy atom. The molecule has 0 spiro atoms. The normalized spacial score (nSPS) is 10.8. The van der Waals surface area contributed by atoms with Gasteiger partial charge in [0.05, 0.1) is 23.8 Å². The number of nitrogens with one attached hydrogen (secondary N) is 1. The van der Waals surface area contributed by atoms with Crippen LogP contribution < -0.4 is 15.2 Å². The molecule has 3 aromatic carbocycles.